The fourth-order valence-electron chi connectivity index (χ4n) is 2.43. The molecule has 0 spiro atoms. The molecule has 1 amide bonds. The van der Waals surface area contributed by atoms with Gasteiger partial charge in [-0.3, -0.25) is 4.79 Å². The molecule has 0 aliphatic carbocycles. The standard InChI is InChI=1S/C19H31NO4S/c1-5-8-9-10-19(21)20(16(4)6-2)15-17-11-13-18(14-12-17)24-25(22,23)7-3/h11-14,16H,5-10,15H2,1-4H3/t16-/m0/s1. The Hall–Kier alpha value is -1.56. The Labute approximate surface area is 152 Å². The van der Waals surface area contributed by atoms with Gasteiger partial charge in [0.25, 0.3) is 0 Å². The van der Waals surface area contributed by atoms with Gasteiger partial charge >= 0.3 is 10.1 Å². The molecule has 0 saturated heterocycles. The molecular formula is C19H31NO4S. The van der Waals surface area contributed by atoms with Crippen LogP contribution in [0.3, 0.4) is 0 Å². The van der Waals surface area contributed by atoms with Crippen molar-refractivity contribution in [2.45, 2.75) is 72.4 Å². The van der Waals surface area contributed by atoms with Gasteiger partial charge in [0.15, 0.2) is 0 Å². The summed E-state index contributed by atoms with van der Waals surface area (Å²) >= 11 is 0. The van der Waals surface area contributed by atoms with Crippen molar-refractivity contribution >= 4 is 16.0 Å². The minimum Gasteiger partial charge on any atom is -0.382 e. The Balaban J connectivity index is 2.78. The van der Waals surface area contributed by atoms with E-state index in [-0.39, 0.29) is 17.7 Å². The Morgan fingerprint density at radius 1 is 1.12 bits per heavy atom. The van der Waals surface area contributed by atoms with Crippen LogP contribution < -0.4 is 4.18 Å². The second kappa shape index (κ2) is 10.4. The van der Waals surface area contributed by atoms with Crippen LogP contribution in [-0.4, -0.2) is 31.0 Å². The molecule has 0 bridgehead atoms. The molecule has 6 heteroatoms. The van der Waals surface area contributed by atoms with Crippen LogP contribution in [-0.2, 0) is 21.5 Å². The van der Waals surface area contributed by atoms with Gasteiger partial charge in [0.1, 0.15) is 5.75 Å². The van der Waals surface area contributed by atoms with Crippen LogP contribution in [0, 0.1) is 0 Å². The lowest BCUT2D eigenvalue weighted by molar-refractivity contribution is -0.134. The molecule has 0 N–H and O–H groups in total. The second-order valence-corrected chi connectivity index (χ2v) is 8.17. The first-order valence-electron chi connectivity index (χ1n) is 9.13. The lowest BCUT2D eigenvalue weighted by Gasteiger charge is -2.29. The van der Waals surface area contributed by atoms with E-state index >= 15 is 0 Å². The second-order valence-electron chi connectivity index (χ2n) is 6.31. The third kappa shape index (κ3) is 7.46. The van der Waals surface area contributed by atoms with Crippen molar-refractivity contribution in [2.75, 3.05) is 5.75 Å². The first kappa shape index (κ1) is 21.5. The monoisotopic (exact) mass is 369 g/mol. The molecule has 0 saturated carbocycles. The predicted octanol–water partition coefficient (Wildman–Crippen LogP) is 4.12. The van der Waals surface area contributed by atoms with Crippen molar-refractivity contribution in [3.8, 4) is 5.75 Å². The van der Waals surface area contributed by atoms with Crippen molar-refractivity contribution in [3.05, 3.63) is 29.8 Å². The van der Waals surface area contributed by atoms with Crippen molar-refractivity contribution in [2.24, 2.45) is 0 Å². The van der Waals surface area contributed by atoms with Gasteiger partial charge in [-0.05, 0) is 44.4 Å². The topological polar surface area (TPSA) is 63.7 Å². The molecule has 0 aliphatic heterocycles. The number of unbranched alkanes of at least 4 members (excludes halogenated alkanes) is 2. The smallest absolute Gasteiger partial charge is 0.308 e. The highest BCUT2D eigenvalue weighted by atomic mass is 32.2. The van der Waals surface area contributed by atoms with Crippen molar-refractivity contribution in [1.82, 2.24) is 4.90 Å². The van der Waals surface area contributed by atoms with Gasteiger partial charge in [-0.25, -0.2) is 0 Å². The molecule has 0 aliphatic rings. The Morgan fingerprint density at radius 3 is 2.28 bits per heavy atom. The number of hydrogen-bond acceptors (Lipinski definition) is 4. The van der Waals surface area contributed by atoms with E-state index in [2.05, 4.69) is 20.8 Å². The van der Waals surface area contributed by atoms with E-state index < -0.39 is 10.1 Å². The maximum absolute atomic E-state index is 12.5. The molecular weight excluding hydrogens is 338 g/mol. The highest BCUT2D eigenvalue weighted by molar-refractivity contribution is 7.87. The molecule has 0 aromatic heterocycles. The molecule has 25 heavy (non-hydrogen) atoms. The summed E-state index contributed by atoms with van der Waals surface area (Å²) < 4.78 is 28.0. The minimum atomic E-state index is -3.52. The molecule has 1 aromatic carbocycles. The molecule has 0 radical (unpaired) electrons. The van der Waals surface area contributed by atoms with Crippen LogP contribution in [0.15, 0.2) is 24.3 Å². The van der Waals surface area contributed by atoms with Gasteiger partial charge in [-0.15, -0.1) is 0 Å². The fraction of sp³-hybridized carbons (Fsp3) is 0.632. The fourth-order valence-corrected chi connectivity index (χ4v) is 2.95. The van der Waals surface area contributed by atoms with Gasteiger partial charge < -0.3 is 9.08 Å². The van der Waals surface area contributed by atoms with E-state index in [9.17, 15) is 13.2 Å². The normalized spacial score (nSPS) is 12.6. The van der Waals surface area contributed by atoms with E-state index in [0.717, 1.165) is 31.2 Å². The summed E-state index contributed by atoms with van der Waals surface area (Å²) in [6, 6.07) is 7.08. The van der Waals surface area contributed by atoms with E-state index in [1.54, 1.807) is 12.1 Å². The van der Waals surface area contributed by atoms with Gasteiger partial charge in [0.2, 0.25) is 5.91 Å². The van der Waals surface area contributed by atoms with Crippen molar-refractivity contribution in [1.29, 1.82) is 0 Å². The third-order valence-corrected chi connectivity index (χ3v) is 5.44. The zero-order valence-electron chi connectivity index (χ0n) is 15.8. The van der Waals surface area contributed by atoms with Gasteiger partial charge in [0.05, 0.1) is 5.75 Å². The molecule has 0 heterocycles. The van der Waals surface area contributed by atoms with Crippen LogP contribution in [0.5, 0.6) is 5.75 Å². The lowest BCUT2D eigenvalue weighted by Crippen LogP contribution is -2.37. The third-order valence-electron chi connectivity index (χ3n) is 4.29. The highest BCUT2D eigenvalue weighted by Crippen LogP contribution is 2.18. The average Bonchev–Trinajstić information content (AvgIpc) is 2.60. The van der Waals surface area contributed by atoms with E-state index in [4.69, 9.17) is 4.18 Å². The number of rotatable bonds is 11. The summed E-state index contributed by atoms with van der Waals surface area (Å²) in [4.78, 5) is 14.4. The van der Waals surface area contributed by atoms with E-state index in [1.165, 1.54) is 6.92 Å². The van der Waals surface area contributed by atoms with Crippen LogP contribution >= 0.6 is 0 Å². The van der Waals surface area contributed by atoms with Crippen LogP contribution in [0.25, 0.3) is 0 Å². The minimum absolute atomic E-state index is 0.0667. The number of benzene rings is 1. The first-order chi connectivity index (χ1) is 11.8. The Bertz CT molecular complexity index is 625. The van der Waals surface area contributed by atoms with Crippen LogP contribution in [0.4, 0.5) is 0 Å². The number of nitrogens with zero attached hydrogens (tertiary/aromatic N) is 1. The molecule has 142 valence electrons. The average molecular weight is 370 g/mol. The van der Waals surface area contributed by atoms with Crippen molar-refractivity contribution < 1.29 is 17.4 Å². The predicted molar refractivity (Wildman–Crippen MR) is 101 cm³/mol. The summed E-state index contributed by atoms with van der Waals surface area (Å²) in [6.45, 7) is 8.32. The maximum atomic E-state index is 12.5. The number of carbonyl (C=O) groups excluding carboxylic acids is 1. The Kier molecular flexibility index (Phi) is 8.97. The lowest BCUT2D eigenvalue weighted by atomic mass is 10.1. The van der Waals surface area contributed by atoms with Gasteiger partial charge in [0, 0.05) is 19.0 Å². The molecule has 1 aromatic rings. The number of amides is 1. The first-order valence-corrected chi connectivity index (χ1v) is 10.7. The van der Waals surface area contributed by atoms with Gasteiger partial charge in [-0.2, -0.15) is 8.42 Å². The highest BCUT2D eigenvalue weighted by Gasteiger charge is 2.19. The molecule has 0 unspecified atom stereocenters. The largest absolute Gasteiger partial charge is 0.382 e. The summed E-state index contributed by atoms with van der Waals surface area (Å²) in [5, 5.41) is 0. The maximum Gasteiger partial charge on any atom is 0.308 e. The van der Waals surface area contributed by atoms with Crippen molar-refractivity contribution in [3.63, 3.8) is 0 Å². The molecule has 5 nitrogen and oxygen atoms in total. The number of carbonyl (C=O) groups is 1. The van der Waals surface area contributed by atoms with Crippen LogP contribution in [0.1, 0.15) is 65.4 Å². The number of hydrogen-bond donors (Lipinski definition) is 0. The van der Waals surface area contributed by atoms with E-state index in [0.29, 0.717) is 18.7 Å². The molecule has 1 atom stereocenters. The molecule has 0 fully saturated rings. The van der Waals surface area contributed by atoms with Gasteiger partial charge in [-0.1, -0.05) is 38.8 Å². The van der Waals surface area contributed by atoms with Crippen LogP contribution in [0.2, 0.25) is 0 Å². The quantitative estimate of drug-likeness (QED) is 0.435. The van der Waals surface area contributed by atoms with E-state index in [1.807, 2.05) is 17.0 Å². The SMILES string of the molecule is CCCCCC(=O)N(Cc1ccc(OS(=O)(=O)CC)cc1)[C@@H](C)CC. The summed E-state index contributed by atoms with van der Waals surface area (Å²) in [5.74, 6) is 0.412. The summed E-state index contributed by atoms with van der Waals surface area (Å²) in [6.07, 6.45) is 4.56. The zero-order chi connectivity index (χ0) is 18.9. The molecule has 1 rings (SSSR count). The summed E-state index contributed by atoms with van der Waals surface area (Å²) in [5.41, 5.74) is 0.963. The Morgan fingerprint density at radius 2 is 1.76 bits per heavy atom. The summed E-state index contributed by atoms with van der Waals surface area (Å²) in [7, 11) is -3.52. The zero-order valence-corrected chi connectivity index (χ0v) is 16.6.